The molecule has 1 atom stereocenters. The number of hydrogen-bond acceptors (Lipinski definition) is 4. The van der Waals surface area contributed by atoms with Crippen molar-refractivity contribution in [2.24, 2.45) is 5.92 Å². The van der Waals surface area contributed by atoms with Crippen LogP contribution in [-0.4, -0.2) is 29.0 Å². The highest BCUT2D eigenvalue weighted by molar-refractivity contribution is 5.93. The van der Waals surface area contributed by atoms with Crippen LogP contribution in [0.4, 0.5) is 11.6 Å². The van der Waals surface area contributed by atoms with E-state index in [-0.39, 0.29) is 11.8 Å². The van der Waals surface area contributed by atoms with Gasteiger partial charge in [0.15, 0.2) is 0 Å². The number of anilines is 2. The summed E-state index contributed by atoms with van der Waals surface area (Å²) < 4.78 is 0. The van der Waals surface area contributed by atoms with Gasteiger partial charge in [-0.05, 0) is 42.0 Å². The van der Waals surface area contributed by atoms with Gasteiger partial charge in [-0.25, -0.2) is 9.97 Å². The molecule has 1 fully saturated rings. The number of amides is 1. The Morgan fingerprint density at radius 1 is 1.00 bits per heavy atom. The van der Waals surface area contributed by atoms with Gasteiger partial charge in [0, 0.05) is 36.7 Å². The summed E-state index contributed by atoms with van der Waals surface area (Å²) in [6, 6.07) is 18.2. The highest BCUT2D eigenvalue weighted by Gasteiger charge is 2.27. The van der Waals surface area contributed by atoms with Gasteiger partial charge in [-0.2, -0.15) is 0 Å². The lowest BCUT2D eigenvalue weighted by atomic mass is 9.97. The van der Waals surface area contributed by atoms with E-state index in [4.69, 9.17) is 0 Å². The zero-order valence-electron chi connectivity index (χ0n) is 17.6. The van der Waals surface area contributed by atoms with E-state index in [1.807, 2.05) is 54.9 Å². The third-order valence-corrected chi connectivity index (χ3v) is 5.67. The summed E-state index contributed by atoms with van der Waals surface area (Å²) in [7, 11) is 0. The molecule has 5 nitrogen and oxygen atoms in total. The van der Waals surface area contributed by atoms with Crippen molar-refractivity contribution in [2.45, 2.75) is 32.6 Å². The van der Waals surface area contributed by atoms with Crippen molar-refractivity contribution in [2.75, 3.05) is 23.3 Å². The maximum Gasteiger partial charge on any atom is 0.229 e. The predicted octanol–water partition coefficient (Wildman–Crippen LogP) is 5.12. The Kier molecular flexibility index (Phi) is 6.07. The molecule has 0 unspecified atom stereocenters. The quantitative estimate of drug-likeness (QED) is 0.646. The summed E-state index contributed by atoms with van der Waals surface area (Å²) >= 11 is 0. The van der Waals surface area contributed by atoms with Crippen molar-refractivity contribution < 1.29 is 4.79 Å². The van der Waals surface area contributed by atoms with E-state index < -0.39 is 0 Å². The highest BCUT2D eigenvalue weighted by atomic mass is 16.1. The second kappa shape index (κ2) is 9.08. The van der Waals surface area contributed by atoms with Crippen molar-refractivity contribution in [3.63, 3.8) is 0 Å². The third-order valence-electron chi connectivity index (χ3n) is 5.67. The SMILES string of the molecule is CC(C)c1ccc(NC(=O)[C@H]2CCCN(c3ncc(-c4ccccc4)cn3)C2)cc1. The Bertz CT molecular complexity index is 968. The lowest BCUT2D eigenvalue weighted by Crippen LogP contribution is -2.41. The monoisotopic (exact) mass is 400 g/mol. The average Bonchev–Trinajstić information content (AvgIpc) is 2.80. The summed E-state index contributed by atoms with van der Waals surface area (Å²) in [5, 5.41) is 3.07. The molecule has 30 heavy (non-hydrogen) atoms. The fraction of sp³-hybridized carbons (Fsp3) is 0.320. The van der Waals surface area contributed by atoms with Gasteiger partial charge in [0.2, 0.25) is 11.9 Å². The van der Waals surface area contributed by atoms with Crippen LogP contribution in [0.2, 0.25) is 0 Å². The van der Waals surface area contributed by atoms with E-state index in [2.05, 4.69) is 46.2 Å². The first-order valence-corrected chi connectivity index (χ1v) is 10.6. The molecule has 0 saturated carbocycles. The molecule has 1 N–H and O–H groups in total. The topological polar surface area (TPSA) is 58.1 Å². The lowest BCUT2D eigenvalue weighted by Gasteiger charge is -2.32. The van der Waals surface area contributed by atoms with E-state index in [9.17, 15) is 4.79 Å². The second-order valence-electron chi connectivity index (χ2n) is 8.19. The van der Waals surface area contributed by atoms with Crippen LogP contribution in [0, 0.1) is 5.92 Å². The first-order valence-electron chi connectivity index (χ1n) is 10.6. The second-order valence-corrected chi connectivity index (χ2v) is 8.19. The molecule has 1 saturated heterocycles. The molecular formula is C25H28N4O. The minimum absolute atomic E-state index is 0.0675. The molecule has 154 valence electrons. The molecule has 0 bridgehead atoms. The Morgan fingerprint density at radius 3 is 2.37 bits per heavy atom. The average molecular weight is 401 g/mol. The number of nitrogens with zero attached hydrogens (tertiary/aromatic N) is 3. The normalized spacial score (nSPS) is 16.5. The molecular weight excluding hydrogens is 372 g/mol. The van der Waals surface area contributed by atoms with Gasteiger partial charge in [-0.1, -0.05) is 56.3 Å². The molecule has 1 aliphatic heterocycles. The number of carbonyl (C=O) groups is 1. The van der Waals surface area contributed by atoms with Gasteiger partial charge < -0.3 is 10.2 Å². The number of benzene rings is 2. The molecule has 0 spiro atoms. The lowest BCUT2D eigenvalue weighted by molar-refractivity contribution is -0.120. The van der Waals surface area contributed by atoms with Crippen LogP contribution < -0.4 is 10.2 Å². The molecule has 2 aromatic carbocycles. The minimum atomic E-state index is -0.0686. The first-order chi connectivity index (χ1) is 14.6. The molecule has 0 radical (unpaired) electrons. The van der Waals surface area contributed by atoms with Crippen LogP contribution in [0.15, 0.2) is 67.0 Å². The van der Waals surface area contributed by atoms with E-state index in [0.29, 0.717) is 18.4 Å². The van der Waals surface area contributed by atoms with Gasteiger partial charge in [0.05, 0.1) is 5.92 Å². The van der Waals surface area contributed by atoms with Crippen molar-refractivity contribution in [3.05, 3.63) is 72.6 Å². The maximum atomic E-state index is 12.8. The Labute approximate surface area is 178 Å². The third kappa shape index (κ3) is 4.67. The van der Waals surface area contributed by atoms with Gasteiger partial charge in [-0.3, -0.25) is 4.79 Å². The van der Waals surface area contributed by atoms with E-state index in [0.717, 1.165) is 36.2 Å². The molecule has 5 heteroatoms. The predicted molar refractivity (Wildman–Crippen MR) is 122 cm³/mol. The number of rotatable bonds is 5. The van der Waals surface area contributed by atoms with Crippen LogP contribution >= 0.6 is 0 Å². The smallest absolute Gasteiger partial charge is 0.229 e. The maximum absolute atomic E-state index is 12.8. The van der Waals surface area contributed by atoms with Crippen LogP contribution in [0.1, 0.15) is 38.2 Å². The fourth-order valence-electron chi connectivity index (χ4n) is 3.83. The van der Waals surface area contributed by atoms with Crippen molar-refractivity contribution in [1.29, 1.82) is 0 Å². The summed E-state index contributed by atoms with van der Waals surface area (Å²) in [5.74, 6) is 1.17. The van der Waals surface area contributed by atoms with Crippen LogP contribution in [0.3, 0.4) is 0 Å². The zero-order chi connectivity index (χ0) is 20.9. The number of piperidine rings is 1. The van der Waals surface area contributed by atoms with Gasteiger partial charge in [0.25, 0.3) is 0 Å². The number of nitrogens with one attached hydrogen (secondary N) is 1. The molecule has 1 aliphatic rings. The first kappa shape index (κ1) is 20.1. The van der Waals surface area contributed by atoms with Gasteiger partial charge in [-0.15, -0.1) is 0 Å². The summed E-state index contributed by atoms with van der Waals surface area (Å²) in [6.45, 7) is 5.84. The van der Waals surface area contributed by atoms with E-state index in [1.165, 1.54) is 5.56 Å². The van der Waals surface area contributed by atoms with E-state index >= 15 is 0 Å². The molecule has 0 aliphatic carbocycles. The fourth-order valence-corrected chi connectivity index (χ4v) is 3.83. The molecule has 4 rings (SSSR count). The summed E-state index contributed by atoms with van der Waals surface area (Å²) in [6.07, 6.45) is 5.55. The van der Waals surface area contributed by atoms with Crippen LogP contribution in [-0.2, 0) is 4.79 Å². The largest absolute Gasteiger partial charge is 0.340 e. The van der Waals surface area contributed by atoms with Crippen LogP contribution in [0.25, 0.3) is 11.1 Å². The minimum Gasteiger partial charge on any atom is -0.340 e. The van der Waals surface area contributed by atoms with Crippen molar-refractivity contribution >= 4 is 17.5 Å². The Balaban J connectivity index is 1.39. The molecule has 1 aromatic heterocycles. The zero-order valence-corrected chi connectivity index (χ0v) is 17.6. The van der Waals surface area contributed by atoms with Crippen molar-refractivity contribution in [1.82, 2.24) is 9.97 Å². The molecule has 1 amide bonds. The Morgan fingerprint density at radius 2 is 1.70 bits per heavy atom. The van der Waals surface area contributed by atoms with Crippen LogP contribution in [0.5, 0.6) is 0 Å². The van der Waals surface area contributed by atoms with Crippen molar-refractivity contribution in [3.8, 4) is 11.1 Å². The Hall–Kier alpha value is -3.21. The summed E-state index contributed by atoms with van der Waals surface area (Å²) in [4.78, 5) is 24.1. The highest BCUT2D eigenvalue weighted by Crippen LogP contribution is 2.24. The molecule has 3 aromatic rings. The van der Waals surface area contributed by atoms with Gasteiger partial charge >= 0.3 is 0 Å². The standard InChI is InChI=1S/C25H28N4O/c1-18(2)19-10-12-23(13-11-19)28-24(30)21-9-6-14-29(17-21)25-26-15-22(16-27-25)20-7-4-3-5-8-20/h3-5,7-8,10-13,15-16,18,21H,6,9,14,17H2,1-2H3,(H,28,30)/t21-/m0/s1. The van der Waals surface area contributed by atoms with E-state index in [1.54, 1.807) is 0 Å². The number of carbonyl (C=O) groups excluding carboxylic acids is 1. The number of aromatic nitrogens is 2. The van der Waals surface area contributed by atoms with Gasteiger partial charge in [0.1, 0.15) is 0 Å². The summed E-state index contributed by atoms with van der Waals surface area (Å²) in [5.41, 5.74) is 4.22. The molecule has 2 heterocycles. The number of hydrogen-bond donors (Lipinski definition) is 1.